The lowest BCUT2D eigenvalue weighted by molar-refractivity contribution is 0.360. The van der Waals surface area contributed by atoms with Gasteiger partial charge in [-0.3, -0.25) is 4.90 Å². The number of alkyl halides is 1. The van der Waals surface area contributed by atoms with E-state index in [1.54, 1.807) is 13.2 Å². The highest BCUT2D eigenvalue weighted by molar-refractivity contribution is 6.30. The van der Waals surface area contributed by atoms with Crippen LogP contribution in [0.15, 0.2) is 18.2 Å². The van der Waals surface area contributed by atoms with Crippen molar-refractivity contribution in [2.24, 2.45) is 0 Å². The van der Waals surface area contributed by atoms with E-state index in [0.717, 1.165) is 11.3 Å². The summed E-state index contributed by atoms with van der Waals surface area (Å²) in [6, 6.07) is 5.41. The summed E-state index contributed by atoms with van der Waals surface area (Å²) >= 11 is 12.1. The zero-order chi connectivity index (χ0) is 10.7. The van der Waals surface area contributed by atoms with E-state index in [9.17, 15) is 0 Å². The molecule has 0 spiro atoms. The molecule has 0 radical (unpaired) electrons. The Labute approximate surface area is 94.4 Å². The molecule has 1 aromatic carbocycles. The van der Waals surface area contributed by atoms with Crippen LogP contribution in [0.4, 0.5) is 0 Å². The molecule has 0 N–H and O–H groups in total. The van der Waals surface area contributed by atoms with Crippen LogP contribution in [0.2, 0.25) is 5.02 Å². The summed E-state index contributed by atoms with van der Waals surface area (Å²) in [5.74, 6) is 0.753. The fourth-order valence-electron chi connectivity index (χ4n) is 1.17. The first-order chi connectivity index (χ1) is 6.56. The van der Waals surface area contributed by atoms with Crippen LogP contribution in [-0.4, -0.2) is 26.1 Å². The third-order valence-electron chi connectivity index (χ3n) is 1.90. The molecule has 0 aliphatic rings. The Morgan fingerprint density at radius 1 is 1.36 bits per heavy atom. The minimum absolute atomic E-state index is 0.233. The normalized spacial score (nSPS) is 13.0. The summed E-state index contributed by atoms with van der Waals surface area (Å²) in [7, 11) is 5.42. The lowest BCUT2D eigenvalue weighted by Crippen LogP contribution is -2.15. The van der Waals surface area contributed by atoms with Gasteiger partial charge in [-0.05, 0) is 32.3 Å². The largest absolute Gasteiger partial charge is 0.496 e. The average molecular weight is 234 g/mol. The molecule has 2 nitrogen and oxygen atoms in total. The predicted octanol–water partition coefficient (Wildman–Crippen LogP) is 3.15. The summed E-state index contributed by atoms with van der Waals surface area (Å²) < 4.78 is 5.20. The van der Waals surface area contributed by atoms with Crippen LogP contribution in [0.3, 0.4) is 0 Å². The molecule has 1 rings (SSSR count). The summed E-state index contributed by atoms with van der Waals surface area (Å²) in [4.78, 5) is 1.88. The molecule has 0 saturated carbocycles. The van der Waals surface area contributed by atoms with Gasteiger partial charge in [-0.1, -0.05) is 11.6 Å². The van der Waals surface area contributed by atoms with Crippen molar-refractivity contribution in [3.05, 3.63) is 28.8 Å². The summed E-state index contributed by atoms with van der Waals surface area (Å²) in [6.45, 7) is 0. The smallest absolute Gasteiger partial charge is 0.124 e. The topological polar surface area (TPSA) is 12.5 Å². The molecule has 0 aliphatic heterocycles. The molecule has 0 amide bonds. The van der Waals surface area contributed by atoms with E-state index in [0.29, 0.717) is 5.02 Å². The summed E-state index contributed by atoms with van der Waals surface area (Å²) in [5.41, 5.74) is 0.648. The van der Waals surface area contributed by atoms with Gasteiger partial charge in [0.15, 0.2) is 0 Å². The lowest BCUT2D eigenvalue weighted by atomic mass is 10.2. The fraction of sp³-hybridized carbons (Fsp3) is 0.400. The minimum Gasteiger partial charge on any atom is -0.496 e. The Morgan fingerprint density at radius 3 is 2.50 bits per heavy atom. The van der Waals surface area contributed by atoms with Crippen molar-refractivity contribution in [3.63, 3.8) is 0 Å². The predicted molar refractivity (Wildman–Crippen MR) is 60.3 cm³/mol. The quantitative estimate of drug-likeness (QED) is 0.588. The number of methoxy groups -OCH3 is 1. The standard InChI is InChI=1S/C10H13Cl2NO/c1-13(2)10(12)8-6-7(11)4-5-9(8)14-3/h4-6,10H,1-3H3. The number of nitrogens with zero attached hydrogens (tertiary/aromatic N) is 1. The minimum atomic E-state index is -0.233. The van der Waals surface area contributed by atoms with E-state index in [4.69, 9.17) is 27.9 Å². The van der Waals surface area contributed by atoms with Crippen LogP contribution in [0, 0.1) is 0 Å². The van der Waals surface area contributed by atoms with Gasteiger partial charge in [0.05, 0.1) is 7.11 Å². The second-order valence-electron chi connectivity index (χ2n) is 3.19. The molecule has 0 bridgehead atoms. The highest BCUT2D eigenvalue weighted by atomic mass is 35.5. The summed E-state index contributed by atoms with van der Waals surface area (Å²) in [6.07, 6.45) is 0. The molecule has 0 heterocycles. The van der Waals surface area contributed by atoms with Crippen molar-refractivity contribution in [1.82, 2.24) is 4.90 Å². The SMILES string of the molecule is COc1ccc(Cl)cc1C(Cl)N(C)C. The van der Waals surface area contributed by atoms with E-state index in [-0.39, 0.29) is 5.50 Å². The first-order valence-corrected chi connectivity index (χ1v) is 5.01. The molecule has 0 aliphatic carbocycles. The van der Waals surface area contributed by atoms with E-state index in [1.165, 1.54) is 0 Å². The summed E-state index contributed by atoms with van der Waals surface area (Å²) in [5, 5.41) is 0.660. The molecular weight excluding hydrogens is 221 g/mol. The molecular formula is C10H13Cl2NO. The van der Waals surface area contributed by atoms with Crippen molar-refractivity contribution >= 4 is 23.2 Å². The lowest BCUT2D eigenvalue weighted by Gasteiger charge is -2.20. The molecule has 4 heteroatoms. The number of ether oxygens (including phenoxy) is 1. The first kappa shape index (κ1) is 11.6. The number of hydrogen-bond acceptors (Lipinski definition) is 2. The molecule has 1 atom stereocenters. The van der Waals surface area contributed by atoms with Crippen molar-refractivity contribution < 1.29 is 4.74 Å². The highest BCUT2D eigenvalue weighted by Gasteiger charge is 2.15. The number of rotatable bonds is 3. The second kappa shape index (κ2) is 4.87. The maximum absolute atomic E-state index is 6.18. The molecule has 1 aromatic rings. The maximum Gasteiger partial charge on any atom is 0.124 e. The molecule has 0 saturated heterocycles. The first-order valence-electron chi connectivity index (χ1n) is 4.20. The van der Waals surface area contributed by atoms with Crippen LogP contribution < -0.4 is 4.74 Å². The fourth-order valence-corrected chi connectivity index (χ4v) is 1.52. The van der Waals surface area contributed by atoms with Crippen LogP contribution >= 0.6 is 23.2 Å². The van der Waals surface area contributed by atoms with Crippen LogP contribution in [0.1, 0.15) is 11.1 Å². The highest BCUT2D eigenvalue weighted by Crippen LogP contribution is 2.32. The third-order valence-corrected chi connectivity index (χ3v) is 2.76. The Hall–Kier alpha value is -0.440. The van der Waals surface area contributed by atoms with Crippen molar-refractivity contribution in [1.29, 1.82) is 0 Å². The Balaban J connectivity index is 3.10. The number of benzene rings is 1. The number of hydrogen-bond donors (Lipinski definition) is 0. The number of halogens is 2. The Kier molecular flexibility index (Phi) is 4.05. The Morgan fingerprint density at radius 2 is 2.00 bits per heavy atom. The van der Waals surface area contributed by atoms with E-state index < -0.39 is 0 Å². The monoisotopic (exact) mass is 233 g/mol. The van der Waals surface area contributed by atoms with E-state index in [2.05, 4.69) is 0 Å². The van der Waals surface area contributed by atoms with Crippen LogP contribution in [-0.2, 0) is 0 Å². The van der Waals surface area contributed by atoms with Gasteiger partial charge in [0.25, 0.3) is 0 Å². The molecule has 0 aromatic heterocycles. The molecule has 78 valence electrons. The van der Waals surface area contributed by atoms with Gasteiger partial charge in [0, 0.05) is 10.6 Å². The molecule has 0 fully saturated rings. The van der Waals surface area contributed by atoms with Crippen LogP contribution in [0.25, 0.3) is 0 Å². The van der Waals surface area contributed by atoms with Gasteiger partial charge in [-0.25, -0.2) is 0 Å². The van der Waals surface area contributed by atoms with E-state index >= 15 is 0 Å². The average Bonchev–Trinajstić information content (AvgIpc) is 2.16. The van der Waals surface area contributed by atoms with Crippen molar-refractivity contribution in [2.75, 3.05) is 21.2 Å². The third kappa shape index (κ3) is 2.53. The molecule has 1 unspecified atom stereocenters. The van der Waals surface area contributed by atoms with Crippen molar-refractivity contribution in [2.45, 2.75) is 5.50 Å². The van der Waals surface area contributed by atoms with Crippen molar-refractivity contribution in [3.8, 4) is 5.75 Å². The zero-order valence-electron chi connectivity index (χ0n) is 8.42. The van der Waals surface area contributed by atoms with Gasteiger partial charge in [0.2, 0.25) is 0 Å². The second-order valence-corrected chi connectivity index (χ2v) is 4.04. The Bertz CT molecular complexity index is 315. The molecule has 14 heavy (non-hydrogen) atoms. The van der Waals surface area contributed by atoms with Gasteiger partial charge < -0.3 is 4.74 Å². The van der Waals surface area contributed by atoms with Crippen LogP contribution in [0.5, 0.6) is 5.75 Å². The van der Waals surface area contributed by atoms with E-state index in [1.807, 2.05) is 31.1 Å². The van der Waals surface area contributed by atoms with Gasteiger partial charge >= 0.3 is 0 Å². The van der Waals surface area contributed by atoms with Gasteiger partial charge in [-0.2, -0.15) is 0 Å². The van der Waals surface area contributed by atoms with Gasteiger partial charge in [-0.15, -0.1) is 11.6 Å². The van der Waals surface area contributed by atoms with Gasteiger partial charge in [0.1, 0.15) is 11.3 Å². The zero-order valence-corrected chi connectivity index (χ0v) is 9.93. The maximum atomic E-state index is 6.18.